The zero-order valence-corrected chi connectivity index (χ0v) is 16.7. The molecule has 0 saturated carbocycles. The molecule has 0 bridgehead atoms. The van der Waals surface area contributed by atoms with E-state index in [0.717, 1.165) is 18.5 Å². The predicted octanol–water partition coefficient (Wildman–Crippen LogP) is 3.28. The molecular weight excluding hydrogens is 352 g/mol. The Morgan fingerprint density at radius 1 is 1.31 bits per heavy atom. The number of aromatic nitrogens is 2. The molecule has 1 amide bonds. The highest BCUT2D eigenvalue weighted by molar-refractivity contribution is 6.30. The molecule has 6 nitrogen and oxygen atoms in total. The van der Waals surface area contributed by atoms with Crippen LogP contribution >= 0.6 is 11.6 Å². The molecule has 2 aromatic rings. The van der Waals surface area contributed by atoms with Gasteiger partial charge in [0.1, 0.15) is 0 Å². The van der Waals surface area contributed by atoms with Crippen molar-refractivity contribution in [3.8, 4) is 5.88 Å². The molecule has 2 rings (SSSR count). The minimum Gasteiger partial charge on any atom is -0.475 e. The van der Waals surface area contributed by atoms with E-state index in [1.807, 2.05) is 52.2 Å². The number of carbonyl (C=O) groups excluding carboxylic acids is 1. The van der Waals surface area contributed by atoms with E-state index in [9.17, 15) is 4.79 Å². The number of ether oxygens (including phenoxy) is 1. The van der Waals surface area contributed by atoms with Crippen LogP contribution in [-0.4, -0.2) is 47.3 Å². The molecule has 1 aromatic heterocycles. The Hall–Kier alpha value is -2.05. The minimum absolute atomic E-state index is 0.0169. The lowest BCUT2D eigenvalue weighted by atomic mass is 10.0. The minimum atomic E-state index is -0.224. The van der Waals surface area contributed by atoms with Crippen LogP contribution in [-0.2, 0) is 7.05 Å². The first-order chi connectivity index (χ1) is 12.3. The van der Waals surface area contributed by atoms with Gasteiger partial charge in [0.2, 0.25) is 5.88 Å². The molecule has 26 heavy (non-hydrogen) atoms. The van der Waals surface area contributed by atoms with E-state index in [0.29, 0.717) is 16.6 Å². The number of rotatable bonds is 8. The molecule has 0 aliphatic carbocycles. The van der Waals surface area contributed by atoms with Crippen molar-refractivity contribution in [2.45, 2.75) is 32.4 Å². The fourth-order valence-electron chi connectivity index (χ4n) is 2.55. The van der Waals surface area contributed by atoms with E-state index in [1.54, 1.807) is 17.8 Å². The van der Waals surface area contributed by atoms with Gasteiger partial charge in [-0.3, -0.25) is 4.79 Å². The summed E-state index contributed by atoms with van der Waals surface area (Å²) in [7, 11) is 5.78. The Kier molecular flexibility index (Phi) is 7.06. The van der Waals surface area contributed by atoms with Gasteiger partial charge in [0.05, 0.1) is 12.1 Å². The van der Waals surface area contributed by atoms with Gasteiger partial charge in [-0.2, -0.15) is 5.10 Å². The molecule has 1 aromatic carbocycles. The zero-order valence-electron chi connectivity index (χ0n) is 16.0. The third kappa shape index (κ3) is 5.75. The standard InChI is InChI=1S/C19H27ClN4O2/c1-13(2)26-18-12-17(22-24(18)5)19(25)21-16(10-11-23(3)4)14-6-8-15(20)9-7-14/h6-9,12-13,16H,10-11H2,1-5H3,(H,21,25). The van der Waals surface area contributed by atoms with Gasteiger partial charge in [-0.15, -0.1) is 0 Å². The SMILES string of the molecule is CC(C)Oc1cc(C(=O)NC(CCN(C)C)c2ccc(Cl)cc2)nn1C. The summed E-state index contributed by atoms with van der Waals surface area (Å²) in [6.07, 6.45) is 0.797. The molecule has 0 fully saturated rings. The maximum Gasteiger partial charge on any atom is 0.272 e. The van der Waals surface area contributed by atoms with Gasteiger partial charge in [-0.05, 0) is 58.6 Å². The number of nitrogens with zero attached hydrogens (tertiary/aromatic N) is 3. The number of carbonyl (C=O) groups is 1. The molecule has 1 unspecified atom stereocenters. The van der Waals surface area contributed by atoms with Crippen LogP contribution in [0.2, 0.25) is 5.02 Å². The number of hydrogen-bond acceptors (Lipinski definition) is 4. The van der Waals surface area contributed by atoms with Crippen molar-refractivity contribution < 1.29 is 9.53 Å². The van der Waals surface area contributed by atoms with E-state index in [1.165, 1.54) is 0 Å². The maximum atomic E-state index is 12.7. The largest absolute Gasteiger partial charge is 0.475 e. The van der Waals surface area contributed by atoms with E-state index in [4.69, 9.17) is 16.3 Å². The van der Waals surface area contributed by atoms with Gasteiger partial charge in [0.25, 0.3) is 5.91 Å². The molecule has 0 spiro atoms. The van der Waals surface area contributed by atoms with Crippen LogP contribution in [0.1, 0.15) is 42.4 Å². The quantitative estimate of drug-likeness (QED) is 0.765. The second-order valence-corrected chi connectivity index (χ2v) is 7.26. The molecule has 1 heterocycles. The first-order valence-corrected chi connectivity index (χ1v) is 9.05. The molecule has 0 saturated heterocycles. The molecule has 0 aliphatic rings. The molecule has 0 radical (unpaired) electrons. The third-order valence-corrected chi connectivity index (χ3v) is 4.12. The molecule has 0 aliphatic heterocycles. The highest BCUT2D eigenvalue weighted by Gasteiger charge is 2.20. The Labute approximate surface area is 160 Å². The fraction of sp³-hybridized carbons (Fsp3) is 0.474. The van der Waals surface area contributed by atoms with Crippen molar-refractivity contribution >= 4 is 17.5 Å². The molecule has 1 N–H and O–H groups in total. The topological polar surface area (TPSA) is 59.4 Å². The van der Waals surface area contributed by atoms with Crippen molar-refractivity contribution in [3.05, 3.63) is 46.6 Å². The van der Waals surface area contributed by atoms with Gasteiger partial charge in [-0.1, -0.05) is 23.7 Å². The Balaban J connectivity index is 2.16. The van der Waals surface area contributed by atoms with E-state index in [-0.39, 0.29) is 18.1 Å². The van der Waals surface area contributed by atoms with Crippen LogP contribution in [0.5, 0.6) is 5.88 Å². The number of benzene rings is 1. The average Bonchev–Trinajstić information content (AvgIpc) is 2.92. The van der Waals surface area contributed by atoms with Crippen molar-refractivity contribution in [2.75, 3.05) is 20.6 Å². The predicted molar refractivity (Wildman–Crippen MR) is 104 cm³/mol. The van der Waals surface area contributed by atoms with Gasteiger partial charge in [0.15, 0.2) is 5.69 Å². The number of nitrogens with one attached hydrogen (secondary N) is 1. The molecule has 142 valence electrons. The normalized spacial score (nSPS) is 12.5. The number of halogens is 1. The van der Waals surface area contributed by atoms with Crippen molar-refractivity contribution in [3.63, 3.8) is 0 Å². The fourth-order valence-corrected chi connectivity index (χ4v) is 2.68. The summed E-state index contributed by atoms with van der Waals surface area (Å²) in [5.41, 5.74) is 1.35. The maximum absolute atomic E-state index is 12.7. The van der Waals surface area contributed by atoms with Gasteiger partial charge in [-0.25, -0.2) is 4.68 Å². The first kappa shape index (κ1) is 20.3. The van der Waals surface area contributed by atoms with Crippen molar-refractivity contribution in [1.29, 1.82) is 0 Å². The third-order valence-electron chi connectivity index (χ3n) is 3.87. The van der Waals surface area contributed by atoms with Crippen LogP contribution in [0.4, 0.5) is 0 Å². The second-order valence-electron chi connectivity index (χ2n) is 6.83. The molecule has 7 heteroatoms. The summed E-state index contributed by atoms with van der Waals surface area (Å²) in [4.78, 5) is 14.8. The summed E-state index contributed by atoms with van der Waals surface area (Å²) in [5.74, 6) is 0.347. The van der Waals surface area contributed by atoms with Crippen LogP contribution < -0.4 is 10.1 Å². The van der Waals surface area contributed by atoms with Gasteiger partial charge < -0.3 is 15.0 Å². The van der Waals surface area contributed by atoms with Crippen LogP contribution in [0.3, 0.4) is 0 Å². The molecular formula is C19H27ClN4O2. The summed E-state index contributed by atoms with van der Waals surface area (Å²) in [6, 6.07) is 9.09. The summed E-state index contributed by atoms with van der Waals surface area (Å²) in [6.45, 7) is 4.71. The number of hydrogen-bond donors (Lipinski definition) is 1. The molecule has 1 atom stereocenters. The van der Waals surface area contributed by atoms with Gasteiger partial charge >= 0.3 is 0 Å². The lowest BCUT2D eigenvalue weighted by molar-refractivity contribution is 0.0927. The highest BCUT2D eigenvalue weighted by Crippen LogP contribution is 2.21. The first-order valence-electron chi connectivity index (χ1n) is 8.68. The van der Waals surface area contributed by atoms with E-state index < -0.39 is 0 Å². The van der Waals surface area contributed by atoms with Crippen LogP contribution in [0, 0.1) is 0 Å². The van der Waals surface area contributed by atoms with Crippen LogP contribution in [0.25, 0.3) is 0 Å². The van der Waals surface area contributed by atoms with E-state index >= 15 is 0 Å². The Bertz CT molecular complexity index is 726. The Morgan fingerprint density at radius 3 is 2.54 bits per heavy atom. The number of aryl methyl sites for hydroxylation is 1. The summed E-state index contributed by atoms with van der Waals surface area (Å²) >= 11 is 5.98. The highest BCUT2D eigenvalue weighted by atomic mass is 35.5. The second kappa shape index (κ2) is 9.05. The zero-order chi connectivity index (χ0) is 19.3. The van der Waals surface area contributed by atoms with E-state index in [2.05, 4.69) is 15.3 Å². The Morgan fingerprint density at radius 2 is 1.96 bits per heavy atom. The smallest absolute Gasteiger partial charge is 0.272 e. The van der Waals surface area contributed by atoms with Gasteiger partial charge in [0, 0.05) is 18.1 Å². The van der Waals surface area contributed by atoms with Crippen LogP contribution in [0.15, 0.2) is 30.3 Å². The van der Waals surface area contributed by atoms with Crippen molar-refractivity contribution in [1.82, 2.24) is 20.0 Å². The summed E-state index contributed by atoms with van der Waals surface area (Å²) < 4.78 is 7.23. The number of amides is 1. The summed E-state index contributed by atoms with van der Waals surface area (Å²) in [5, 5.41) is 8.02. The monoisotopic (exact) mass is 378 g/mol. The lowest BCUT2D eigenvalue weighted by Crippen LogP contribution is -2.31. The lowest BCUT2D eigenvalue weighted by Gasteiger charge is -2.21. The van der Waals surface area contributed by atoms with Crippen molar-refractivity contribution in [2.24, 2.45) is 7.05 Å². The average molecular weight is 379 g/mol.